The summed E-state index contributed by atoms with van der Waals surface area (Å²) in [6.45, 7) is 4.33. The summed E-state index contributed by atoms with van der Waals surface area (Å²) >= 11 is 0. The lowest BCUT2D eigenvalue weighted by Crippen LogP contribution is -2.10. The highest BCUT2D eigenvalue weighted by Gasteiger charge is 2.18. The van der Waals surface area contributed by atoms with Crippen molar-refractivity contribution in [3.8, 4) is 5.75 Å². The monoisotopic (exact) mass is 336 g/mol. The van der Waals surface area contributed by atoms with E-state index in [2.05, 4.69) is 19.1 Å². The predicted octanol–water partition coefficient (Wildman–Crippen LogP) is 6.46. The van der Waals surface area contributed by atoms with E-state index in [1.54, 1.807) is 13.0 Å². The number of unbranched alkanes of at least 4 members (excludes halogenated alkanes) is 2. The quantitative estimate of drug-likeness (QED) is 0.371. The molecule has 2 unspecified atom stereocenters. The van der Waals surface area contributed by atoms with Gasteiger partial charge in [-0.3, -0.25) is 0 Å². The van der Waals surface area contributed by atoms with Crippen molar-refractivity contribution in [2.75, 3.05) is 6.61 Å². The molecule has 134 valence electrons. The van der Waals surface area contributed by atoms with E-state index in [1.807, 2.05) is 0 Å². The van der Waals surface area contributed by atoms with Crippen LogP contribution in [0.1, 0.15) is 64.4 Å². The molecule has 1 aliphatic carbocycles. The van der Waals surface area contributed by atoms with Crippen LogP contribution in [0.25, 0.3) is 0 Å². The Labute approximate surface area is 145 Å². The van der Waals surface area contributed by atoms with Crippen molar-refractivity contribution in [3.05, 3.63) is 41.5 Å². The van der Waals surface area contributed by atoms with Gasteiger partial charge in [0.2, 0.25) is 5.82 Å². The molecule has 0 aromatic heterocycles. The van der Waals surface area contributed by atoms with E-state index in [0.29, 0.717) is 30.4 Å². The molecular formula is C21H30F2O. The lowest BCUT2D eigenvalue weighted by molar-refractivity contribution is 0.313. The van der Waals surface area contributed by atoms with Gasteiger partial charge in [-0.2, -0.15) is 4.39 Å². The maximum absolute atomic E-state index is 14.1. The normalized spacial score (nSPS) is 20.3. The van der Waals surface area contributed by atoms with E-state index in [0.717, 1.165) is 12.8 Å². The molecule has 0 radical (unpaired) electrons. The third-order valence-corrected chi connectivity index (χ3v) is 4.95. The van der Waals surface area contributed by atoms with Crippen molar-refractivity contribution in [2.45, 2.75) is 65.2 Å². The van der Waals surface area contributed by atoms with Crippen molar-refractivity contribution in [1.29, 1.82) is 0 Å². The molecule has 1 aliphatic rings. The summed E-state index contributed by atoms with van der Waals surface area (Å²) in [5.41, 5.74) is 0.453. The van der Waals surface area contributed by atoms with Crippen molar-refractivity contribution in [3.63, 3.8) is 0 Å². The third-order valence-electron chi connectivity index (χ3n) is 4.95. The first-order chi connectivity index (χ1) is 11.7. The van der Waals surface area contributed by atoms with Gasteiger partial charge in [-0.05, 0) is 62.5 Å². The van der Waals surface area contributed by atoms with Crippen LogP contribution in [0, 0.1) is 23.5 Å². The Kier molecular flexibility index (Phi) is 7.74. The summed E-state index contributed by atoms with van der Waals surface area (Å²) in [4.78, 5) is 0. The highest BCUT2D eigenvalue weighted by Crippen LogP contribution is 2.30. The van der Waals surface area contributed by atoms with Gasteiger partial charge in [-0.15, -0.1) is 0 Å². The first-order valence-corrected chi connectivity index (χ1v) is 9.43. The minimum Gasteiger partial charge on any atom is -0.491 e. The zero-order valence-corrected chi connectivity index (χ0v) is 15.0. The van der Waals surface area contributed by atoms with Crippen molar-refractivity contribution < 1.29 is 13.5 Å². The van der Waals surface area contributed by atoms with E-state index in [1.165, 1.54) is 38.2 Å². The van der Waals surface area contributed by atoms with E-state index >= 15 is 0 Å². The van der Waals surface area contributed by atoms with Crippen molar-refractivity contribution in [2.24, 2.45) is 11.8 Å². The van der Waals surface area contributed by atoms with Gasteiger partial charge in [0, 0.05) is 0 Å². The fourth-order valence-corrected chi connectivity index (χ4v) is 3.45. The number of hydrogen-bond acceptors (Lipinski definition) is 1. The Morgan fingerprint density at radius 3 is 2.29 bits per heavy atom. The zero-order valence-electron chi connectivity index (χ0n) is 15.0. The second-order valence-electron chi connectivity index (χ2n) is 6.80. The van der Waals surface area contributed by atoms with Crippen molar-refractivity contribution >= 4 is 0 Å². The largest absolute Gasteiger partial charge is 0.491 e. The van der Waals surface area contributed by atoms with Gasteiger partial charge < -0.3 is 4.74 Å². The number of allylic oxidation sites excluding steroid dienone is 2. The average molecular weight is 336 g/mol. The molecular weight excluding hydrogens is 306 g/mol. The molecule has 2 atom stereocenters. The van der Waals surface area contributed by atoms with Crippen LogP contribution in [-0.2, 0) is 6.42 Å². The van der Waals surface area contributed by atoms with Gasteiger partial charge in [0.05, 0.1) is 6.61 Å². The van der Waals surface area contributed by atoms with Crippen LogP contribution in [0.15, 0.2) is 24.3 Å². The number of rotatable bonds is 9. The van der Waals surface area contributed by atoms with Gasteiger partial charge in [0.25, 0.3) is 0 Å². The topological polar surface area (TPSA) is 9.23 Å². The fraction of sp³-hybridized carbons (Fsp3) is 0.619. The third kappa shape index (κ3) is 5.32. The van der Waals surface area contributed by atoms with Gasteiger partial charge in [0.1, 0.15) is 0 Å². The molecule has 0 saturated heterocycles. The van der Waals surface area contributed by atoms with Gasteiger partial charge in [-0.25, -0.2) is 4.39 Å². The van der Waals surface area contributed by atoms with Crippen LogP contribution in [0.5, 0.6) is 5.75 Å². The van der Waals surface area contributed by atoms with Gasteiger partial charge in [-0.1, -0.05) is 44.4 Å². The minimum atomic E-state index is -0.857. The summed E-state index contributed by atoms with van der Waals surface area (Å²) in [7, 11) is 0. The van der Waals surface area contributed by atoms with E-state index in [4.69, 9.17) is 4.74 Å². The maximum Gasteiger partial charge on any atom is 0.200 e. The Bertz CT molecular complexity index is 539. The Morgan fingerprint density at radius 1 is 0.958 bits per heavy atom. The molecule has 0 bridgehead atoms. The lowest BCUT2D eigenvalue weighted by Gasteiger charge is -2.23. The maximum atomic E-state index is 14.1. The zero-order chi connectivity index (χ0) is 17.4. The molecule has 3 heteroatoms. The van der Waals surface area contributed by atoms with Crippen molar-refractivity contribution in [1.82, 2.24) is 0 Å². The van der Waals surface area contributed by atoms with Crippen LogP contribution in [0.4, 0.5) is 8.78 Å². The van der Waals surface area contributed by atoms with E-state index in [-0.39, 0.29) is 5.75 Å². The fourth-order valence-electron chi connectivity index (χ4n) is 3.45. The molecule has 0 saturated carbocycles. The SMILES string of the molecule is CCCCCC1C=CC(CCc2ccc(OCC)c(F)c2F)CC1. The molecule has 0 spiro atoms. The molecule has 1 aromatic carbocycles. The molecule has 2 rings (SSSR count). The summed E-state index contributed by atoms with van der Waals surface area (Å²) in [5, 5.41) is 0. The number of halogens is 2. The molecule has 1 aromatic rings. The van der Waals surface area contributed by atoms with Crippen LogP contribution < -0.4 is 4.74 Å². The molecule has 0 aliphatic heterocycles. The highest BCUT2D eigenvalue weighted by molar-refractivity contribution is 5.31. The molecule has 24 heavy (non-hydrogen) atoms. The number of ether oxygens (including phenoxy) is 1. The molecule has 1 nitrogen and oxygen atoms in total. The summed E-state index contributed by atoms with van der Waals surface area (Å²) in [5.74, 6) is -0.400. The Hall–Kier alpha value is -1.38. The molecule has 0 N–H and O–H groups in total. The minimum absolute atomic E-state index is 0.00577. The first-order valence-electron chi connectivity index (χ1n) is 9.43. The average Bonchev–Trinajstić information content (AvgIpc) is 2.60. The summed E-state index contributed by atoms with van der Waals surface area (Å²) < 4.78 is 33.1. The van der Waals surface area contributed by atoms with Crippen LogP contribution in [0.2, 0.25) is 0 Å². The Morgan fingerprint density at radius 2 is 1.67 bits per heavy atom. The molecule has 0 heterocycles. The van der Waals surface area contributed by atoms with E-state index in [9.17, 15) is 8.78 Å². The summed E-state index contributed by atoms with van der Waals surface area (Å²) in [6, 6.07) is 3.20. The Balaban J connectivity index is 1.84. The summed E-state index contributed by atoms with van der Waals surface area (Å²) in [6.07, 6.45) is 13.7. The highest BCUT2D eigenvalue weighted by atomic mass is 19.2. The van der Waals surface area contributed by atoms with E-state index < -0.39 is 11.6 Å². The number of aryl methyl sites for hydroxylation is 1. The number of benzene rings is 1. The lowest BCUT2D eigenvalue weighted by atomic mass is 9.83. The van der Waals surface area contributed by atoms with Gasteiger partial charge in [0.15, 0.2) is 11.6 Å². The van der Waals surface area contributed by atoms with Crippen LogP contribution in [0.3, 0.4) is 0 Å². The number of hydrogen-bond donors (Lipinski definition) is 0. The second-order valence-corrected chi connectivity index (χ2v) is 6.80. The van der Waals surface area contributed by atoms with Gasteiger partial charge >= 0.3 is 0 Å². The molecule has 0 amide bonds. The molecule has 0 fully saturated rings. The predicted molar refractivity (Wildman–Crippen MR) is 95.3 cm³/mol. The smallest absolute Gasteiger partial charge is 0.200 e. The van der Waals surface area contributed by atoms with Crippen LogP contribution in [-0.4, -0.2) is 6.61 Å². The first kappa shape index (κ1) is 19.0. The standard InChI is InChI=1S/C21H30F2O/c1-3-5-6-7-16-8-10-17(11-9-16)12-13-18-14-15-19(24-4-2)21(23)20(18)22/h8,10,14-17H,3-7,9,11-13H2,1-2H3. The second kappa shape index (κ2) is 9.80. The van der Waals surface area contributed by atoms with Crippen LogP contribution >= 0.6 is 0 Å².